The molecule has 2 aromatic rings. The van der Waals surface area contributed by atoms with Gasteiger partial charge in [-0.25, -0.2) is 9.37 Å². The minimum Gasteiger partial charge on any atom is -0.356 e. The molecule has 3 heterocycles. The van der Waals surface area contributed by atoms with E-state index in [9.17, 15) is 9.18 Å². The summed E-state index contributed by atoms with van der Waals surface area (Å²) in [5.74, 6) is 0.649. The molecule has 2 aliphatic rings. The molecule has 1 fully saturated rings. The van der Waals surface area contributed by atoms with E-state index in [1.54, 1.807) is 6.07 Å². The zero-order valence-corrected chi connectivity index (χ0v) is 14.2. The Hall–Kier alpha value is -2.43. The Bertz CT molecular complexity index is 762. The molecule has 4 nitrogen and oxygen atoms in total. The van der Waals surface area contributed by atoms with E-state index in [1.807, 2.05) is 11.0 Å². The first-order valence-electron chi connectivity index (χ1n) is 8.93. The van der Waals surface area contributed by atoms with E-state index in [0.717, 1.165) is 38.2 Å². The number of halogens is 1. The van der Waals surface area contributed by atoms with Crippen molar-refractivity contribution in [2.45, 2.75) is 25.8 Å². The summed E-state index contributed by atoms with van der Waals surface area (Å²) in [5.41, 5.74) is 2.61. The van der Waals surface area contributed by atoms with Crippen molar-refractivity contribution >= 4 is 11.7 Å². The monoisotopic (exact) mass is 339 g/mol. The van der Waals surface area contributed by atoms with Crippen LogP contribution in [-0.2, 0) is 17.8 Å². The molecule has 0 saturated carbocycles. The summed E-state index contributed by atoms with van der Waals surface area (Å²) in [6.07, 6.45) is 4.04. The van der Waals surface area contributed by atoms with E-state index in [4.69, 9.17) is 0 Å². The first kappa shape index (κ1) is 16.1. The number of carbonyl (C=O) groups excluding carboxylic acids is 1. The topological polar surface area (TPSA) is 36.4 Å². The Morgan fingerprint density at radius 2 is 1.96 bits per heavy atom. The van der Waals surface area contributed by atoms with Crippen molar-refractivity contribution in [3.8, 4) is 0 Å². The molecule has 0 aliphatic carbocycles. The van der Waals surface area contributed by atoms with Gasteiger partial charge in [-0.05, 0) is 42.5 Å². The predicted molar refractivity (Wildman–Crippen MR) is 94.7 cm³/mol. The molecule has 1 amide bonds. The third kappa shape index (κ3) is 3.36. The van der Waals surface area contributed by atoms with E-state index < -0.39 is 0 Å². The van der Waals surface area contributed by atoms with Crippen LogP contribution < -0.4 is 4.90 Å². The number of rotatable bonds is 2. The molecule has 25 heavy (non-hydrogen) atoms. The number of fused-ring (bicyclic) bond motifs is 1. The van der Waals surface area contributed by atoms with Crippen LogP contribution in [0.1, 0.15) is 24.0 Å². The second-order valence-electron chi connectivity index (χ2n) is 6.90. The highest BCUT2D eigenvalue weighted by atomic mass is 19.1. The van der Waals surface area contributed by atoms with Gasteiger partial charge in [-0.3, -0.25) is 4.79 Å². The third-order valence-electron chi connectivity index (χ3n) is 5.25. The van der Waals surface area contributed by atoms with Gasteiger partial charge in [0.1, 0.15) is 11.6 Å². The molecule has 1 aromatic heterocycles. The Labute approximate surface area is 147 Å². The standard InChI is InChI=1S/C20H22FN3O/c21-18-7-8-19(22-12-18)23-10-3-6-17(14-23)20(25)24-11-9-15-4-1-2-5-16(15)13-24/h1-2,4-5,7-8,12,17H,3,6,9-11,13-14H2. The molecule has 1 aromatic carbocycles. The zero-order chi connectivity index (χ0) is 17.2. The number of amides is 1. The van der Waals surface area contributed by atoms with Crippen molar-refractivity contribution in [1.29, 1.82) is 0 Å². The van der Waals surface area contributed by atoms with Crippen molar-refractivity contribution in [1.82, 2.24) is 9.88 Å². The molecule has 0 N–H and O–H groups in total. The van der Waals surface area contributed by atoms with Gasteiger partial charge in [0.2, 0.25) is 5.91 Å². The highest BCUT2D eigenvalue weighted by molar-refractivity contribution is 5.80. The molecular weight excluding hydrogens is 317 g/mol. The number of benzene rings is 1. The molecular formula is C20H22FN3O. The SMILES string of the molecule is O=C(C1CCCN(c2ccc(F)cn2)C1)N1CCc2ccccc2C1. The maximum Gasteiger partial charge on any atom is 0.227 e. The molecule has 4 rings (SSSR count). The van der Waals surface area contributed by atoms with Crippen molar-refractivity contribution < 1.29 is 9.18 Å². The highest BCUT2D eigenvalue weighted by Gasteiger charge is 2.31. The van der Waals surface area contributed by atoms with Crippen LogP contribution >= 0.6 is 0 Å². The second-order valence-corrected chi connectivity index (χ2v) is 6.90. The normalized spacial score (nSPS) is 20.3. The molecule has 130 valence electrons. The Balaban J connectivity index is 1.44. The number of hydrogen-bond donors (Lipinski definition) is 0. The number of aromatic nitrogens is 1. The van der Waals surface area contributed by atoms with Gasteiger partial charge < -0.3 is 9.80 Å². The fraction of sp³-hybridized carbons (Fsp3) is 0.400. The minimum atomic E-state index is -0.333. The zero-order valence-electron chi connectivity index (χ0n) is 14.2. The lowest BCUT2D eigenvalue weighted by molar-refractivity contribution is -0.136. The minimum absolute atomic E-state index is 0.00846. The van der Waals surface area contributed by atoms with E-state index in [-0.39, 0.29) is 17.6 Å². The molecule has 1 saturated heterocycles. The summed E-state index contributed by atoms with van der Waals surface area (Å²) in [7, 11) is 0. The van der Waals surface area contributed by atoms with Crippen LogP contribution in [0.5, 0.6) is 0 Å². The van der Waals surface area contributed by atoms with E-state index >= 15 is 0 Å². The second kappa shape index (κ2) is 6.82. The Morgan fingerprint density at radius 3 is 2.76 bits per heavy atom. The van der Waals surface area contributed by atoms with Crippen LogP contribution in [0.15, 0.2) is 42.6 Å². The van der Waals surface area contributed by atoms with Gasteiger partial charge in [0.05, 0.1) is 12.1 Å². The van der Waals surface area contributed by atoms with Crippen LogP contribution in [0.3, 0.4) is 0 Å². The van der Waals surface area contributed by atoms with Crippen LogP contribution in [0.2, 0.25) is 0 Å². The maximum atomic E-state index is 13.1. The van der Waals surface area contributed by atoms with Gasteiger partial charge in [-0.2, -0.15) is 0 Å². The largest absolute Gasteiger partial charge is 0.356 e. The molecule has 1 unspecified atom stereocenters. The van der Waals surface area contributed by atoms with Crippen molar-refractivity contribution in [3.63, 3.8) is 0 Å². The Morgan fingerprint density at radius 1 is 1.12 bits per heavy atom. The number of hydrogen-bond acceptors (Lipinski definition) is 3. The highest BCUT2D eigenvalue weighted by Crippen LogP contribution is 2.26. The Kier molecular flexibility index (Phi) is 4.38. The fourth-order valence-electron chi connectivity index (χ4n) is 3.88. The van der Waals surface area contributed by atoms with Gasteiger partial charge >= 0.3 is 0 Å². The van der Waals surface area contributed by atoms with E-state index in [2.05, 4.69) is 28.1 Å². The number of anilines is 1. The molecule has 0 radical (unpaired) electrons. The molecule has 5 heteroatoms. The first-order chi connectivity index (χ1) is 12.2. The number of carbonyl (C=O) groups is 1. The molecule has 0 bridgehead atoms. The smallest absolute Gasteiger partial charge is 0.227 e. The summed E-state index contributed by atoms with van der Waals surface area (Å²) in [6.45, 7) is 3.03. The van der Waals surface area contributed by atoms with Gasteiger partial charge in [-0.15, -0.1) is 0 Å². The summed E-state index contributed by atoms with van der Waals surface area (Å²) >= 11 is 0. The average Bonchev–Trinajstić information content (AvgIpc) is 2.68. The quantitative estimate of drug-likeness (QED) is 0.844. The number of piperidine rings is 1. The first-order valence-corrected chi connectivity index (χ1v) is 8.93. The van der Waals surface area contributed by atoms with Gasteiger partial charge in [0.25, 0.3) is 0 Å². The molecule has 1 atom stereocenters. The molecule has 2 aliphatic heterocycles. The lowest BCUT2D eigenvalue weighted by atomic mass is 9.94. The van der Waals surface area contributed by atoms with Crippen LogP contribution in [0, 0.1) is 11.7 Å². The van der Waals surface area contributed by atoms with Crippen molar-refractivity contribution in [3.05, 3.63) is 59.5 Å². The van der Waals surface area contributed by atoms with E-state index in [0.29, 0.717) is 13.1 Å². The fourth-order valence-corrected chi connectivity index (χ4v) is 3.88. The molecule has 0 spiro atoms. The van der Waals surface area contributed by atoms with Crippen molar-refractivity contribution in [2.75, 3.05) is 24.5 Å². The summed E-state index contributed by atoms with van der Waals surface area (Å²) in [6, 6.07) is 11.5. The summed E-state index contributed by atoms with van der Waals surface area (Å²) in [4.78, 5) is 21.3. The lowest BCUT2D eigenvalue weighted by Gasteiger charge is -2.37. The maximum absolute atomic E-state index is 13.1. The summed E-state index contributed by atoms with van der Waals surface area (Å²) < 4.78 is 13.1. The van der Waals surface area contributed by atoms with Crippen LogP contribution in [0.4, 0.5) is 10.2 Å². The van der Waals surface area contributed by atoms with Crippen LogP contribution in [-0.4, -0.2) is 35.4 Å². The lowest BCUT2D eigenvalue weighted by Crippen LogP contribution is -2.46. The number of nitrogens with zero attached hydrogens (tertiary/aromatic N) is 3. The number of pyridine rings is 1. The van der Waals surface area contributed by atoms with Crippen LogP contribution in [0.25, 0.3) is 0 Å². The van der Waals surface area contributed by atoms with Gasteiger partial charge in [-0.1, -0.05) is 24.3 Å². The summed E-state index contributed by atoms with van der Waals surface area (Å²) in [5, 5.41) is 0. The third-order valence-corrected chi connectivity index (χ3v) is 5.25. The average molecular weight is 339 g/mol. The predicted octanol–water partition coefficient (Wildman–Crippen LogP) is 3.02. The van der Waals surface area contributed by atoms with Crippen molar-refractivity contribution in [2.24, 2.45) is 5.92 Å². The van der Waals surface area contributed by atoms with Gasteiger partial charge in [0, 0.05) is 26.2 Å². The van der Waals surface area contributed by atoms with E-state index in [1.165, 1.54) is 23.4 Å². The van der Waals surface area contributed by atoms with Gasteiger partial charge in [0.15, 0.2) is 0 Å².